The molecule has 1 saturated heterocycles. The predicted octanol–water partition coefficient (Wildman–Crippen LogP) is 5.05. The van der Waals surface area contributed by atoms with E-state index >= 15 is 0 Å². The average Bonchev–Trinajstić information content (AvgIpc) is 2.83. The number of aliphatic hydroxyl groups is 1. The van der Waals surface area contributed by atoms with Gasteiger partial charge in [-0.05, 0) is 86.2 Å². The van der Waals surface area contributed by atoms with Gasteiger partial charge in [-0.1, -0.05) is 19.3 Å². The van der Waals surface area contributed by atoms with Crippen molar-refractivity contribution < 1.29 is 19.7 Å². The summed E-state index contributed by atoms with van der Waals surface area (Å²) in [6.45, 7) is 3.04. The van der Waals surface area contributed by atoms with Gasteiger partial charge in [0.2, 0.25) is 0 Å². The van der Waals surface area contributed by atoms with Crippen LogP contribution < -0.4 is 4.74 Å². The molecule has 2 N–H and O–H groups in total. The van der Waals surface area contributed by atoms with Crippen molar-refractivity contribution in [3.63, 3.8) is 0 Å². The van der Waals surface area contributed by atoms with Crippen molar-refractivity contribution in [2.24, 2.45) is 17.8 Å². The number of hydrogen-bond donors (Lipinski definition) is 2. The second-order valence-electron chi connectivity index (χ2n) is 10.0. The largest absolute Gasteiger partial charge is 0.497 e. The van der Waals surface area contributed by atoms with Gasteiger partial charge in [-0.15, -0.1) is 0 Å². The zero-order valence-corrected chi connectivity index (χ0v) is 19.8. The van der Waals surface area contributed by atoms with Crippen LogP contribution in [0, 0.1) is 17.8 Å². The van der Waals surface area contributed by atoms with Crippen LogP contribution in [0.2, 0.25) is 0 Å². The number of hydrogen-bond acceptors (Lipinski definition) is 5. The molecule has 1 aromatic heterocycles. The number of rotatable bonds is 9. The van der Waals surface area contributed by atoms with E-state index in [1.165, 1.54) is 32.1 Å². The number of ether oxygens (including phenoxy) is 1. The van der Waals surface area contributed by atoms with Crippen molar-refractivity contribution in [2.75, 3.05) is 26.7 Å². The standard InChI is InChI=1S/C27H38N2O4/c1-33-22-8-9-25-24(16-22)23(11-13-28-25)26(30)10-7-20-12-14-29(18-21(20)15-27(31)32)17-19-5-3-2-4-6-19/h8-9,11,13,16,19-21,26,30H,2-7,10,12,14-15,17-18H2,1H3,(H,31,32)/t20-,21+,26?/m1/s1. The molecule has 1 aliphatic heterocycles. The molecule has 0 radical (unpaired) electrons. The Labute approximate surface area is 197 Å². The average molecular weight is 455 g/mol. The summed E-state index contributed by atoms with van der Waals surface area (Å²) >= 11 is 0. The topological polar surface area (TPSA) is 82.9 Å². The molecule has 2 aromatic rings. The molecule has 180 valence electrons. The summed E-state index contributed by atoms with van der Waals surface area (Å²) in [5.41, 5.74) is 1.70. The molecule has 1 aromatic carbocycles. The van der Waals surface area contributed by atoms with Crippen LogP contribution in [0.5, 0.6) is 5.75 Å². The molecule has 33 heavy (non-hydrogen) atoms. The lowest BCUT2D eigenvalue weighted by atomic mass is 9.79. The zero-order chi connectivity index (χ0) is 23.2. The molecule has 2 aliphatic rings. The molecule has 3 atom stereocenters. The van der Waals surface area contributed by atoms with Crippen LogP contribution in [0.3, 0.4) is 0 Å². The maximum atomic E-state index is 11.6. The highest BCUT2D eigenvalue weighted by molar-refractivity contribution is 5.83. The summed E-state index contributed by atoms with van der Waals surface area (Å²) in [6, 6.07) is 7.60. The number of carbonyl (C=O) groups is 1. The summed E-state index contributed by atoms with van der Waals surface area (Å²) < 4.78 is 5.36. The summed E-state index contributed by atoms with van der Waals surface area (Å²) in [4.78, 5) is 18.5. The SMILES string of the molecule is COc1ccc2nccc(C(O)CC[C@@H]3CCN(CC4CCCCC4)C[C@@H]3CC(=O)O)c2c1. The van der Waals surface area contributed by atoms with Crippen molar-refractivity contribution >= 4 is 16.9 Å². The fourth-order valence-electron chi connectivity index (χ4n) is 5.98. The Morgan fingerprint density at radius 3 is 2.76 bits per heavy atom. The number of piperidine rings is 1. The van der Waals surface area contributed by atoms with Gasteiger partial charge < -0.3 is 19.8 Å². The van der Waals surface area contributed by atoms with Gasteiger partial charge in [0.15, 0.2) is 0 Å². The van der Waals surface area contributed by atoms with E-state index in [0.29, 0.717) is 12.3 Å². The summed E-state index contributed by atoms with van der Waals surface area (Å²) in [7, 11) is 1.64. The fourth-order valence-corrected chi connectivity index (χ4v) is 5.98. The lowest BCUT2D eigenvalue weighted by molar-refractivity contribution is -0.139. The lowest BCUT2D eigenvalue weighted by Gasteiger charge is -2.40. The normalized spacial score (nSPS) is 23.5. The molecule has 4 rings (SSSR count). The van der Waals surface area contributed by atoms with E-state index < -0.39 is 12.1 Å². The number of aromatic nitrogens is 1. The Hall–Kier alpha value is -2.18. The van der Waals surface area contributed by atoms with E-state index in [1.54, 1.807) is 13.3 Å². The van der Waals surface area contributed by atoms with Gasteiger partial charge in [0.05, 0.1) is 18.7 Å². The van der Waals surface area contributed by atoms with Gasteiger partial charge >= 0.3 is 5.97 Å². The number of carboxylic acid groups (broad SMARTS) is 1. The van der Waals surface area contributed by atoms with Crippen LogP contribution in [-0.2, 0) is 4.79 Å². The lowest BCUT2D eigenvalue weighted by Crippen LogP contribution is -2.43. The number of pyridine rings is 1. The van der Waals surface area contributed by atoms with E-state index in [-0.39, 0.29) is 12.3 Å². The van der Waals surface area contributed by atoms with E-state index in [1.807, 2.05) is 24.3 Å². The molecule has 1 aliphatic carbocycles. The van der Waals surface area contributed by atoms with Gasteiger partial charge in [-0.3, -0.25) is 9.78 Å². The molecule has 0 amide bonds. The third-order valence-corrected chi connectivity index (χ3v) is 7.81. The third kappa shape index (κ3) is 6.24. The van der Waals surface area contributed by atoms with Gasteiger partial charge in [0.25, 0.3) is 0 Å². The fraction of sp³-hybridized carbons (Fsp3) is 0.630. The Kier molecular flexibility index (Phi) is 8.20. The number of aliphatic carboxylic acids is 1. The summed E-state index contributed by atoms with van der Waals surface area (Å²) in [5.74, 6) is 1.30. The maximum absolute atomic E-state index is 11.6. The van der Waals surface area contributed by atoms with Crippen molar-refractivity contribution in [2.45, 2.75) is 63.9 Å². The van der Waals surface area contributed by atoms with E-state index in [0.717, 1.165) is 60.6 Å². The van der Waals surface area contributed by atoms with E-state index in [2.05, 4.69) is 9.88 Å². The van der Waals surface area contributed by atoms with Crippen molar-refractivity contribution in [1.82, 2.24) is 9.88 Å². The Bertz CT molecular complexity index is 927. The molecule has 1 unspecified atom stereocenters. The summed E-state index contributed by atoms with van der Waals surface area (Å²) in [6.07, 6.45) is 10.5. The smallest absolute Gasteiger partial charge is 0.303 e. The number of benzene rings is 1. The number of aliphatic hydroxyl groups excluding tert-OH is 1. The van der Waals surface area contributed by atoms with E-state index in [9.17, 15) is 15.0 Å². The van der Waals surface area contributed by atoms with Gasteiger partial charge in [-0.2, -0.15) is 0 Å². The highest BCUT2D eigenvalue weighted by Gasteiger charge is 2.32. The highest BCUT2D eigenvalue weighted by atomic mass is 16.5. The van der Waals surface area contributed by atoms with Crippen LogP contribution in [0.4, 0.5) is 0 Å². The monoisotopic (exact) mass is 454 g/mol. The van der Waals surface area contributed by atoms with Crippen molar-refractivity contribution in [3.05, 3.63) is 36.0 Å². The van der Waals surface area contributed by atoms with E-state index in [4.69, 9.17) is 4.74 Å². The molecule has 6 nitrogen and oxygen atoms in total. The first-order valence-corrected chi connectivity index (χ1v) is 12.6. The van der Waals surface area contributed by atoms with Crippen LogP contribution in [0.25, 0.3) is 10.9 Å². The second kappa shape index (κ2) is 11.3. The number of likely N-dealkylation sites (tertiary alicyclic amines) is 1. The Morgan fingerprint density at radius 1 is 1.18 bits per heavy atom. The molecular formula is C27H38N2O4. The quantitative estimate of drug-likeness (QED) is 0.552. The molecule has 0 bridgehead atoms. The minimum atomic E-state index is -0.711. The molecule has 2 heterocycles. The van der Waals surface area contributed by atoms with Crippen LogP contribution in [0.15, 0.2) is 30.5 Å². The van der Waals surface area contributed by atoms with Crippen LogP contribution in [-0.4, -0.2) is 52.8 Å². The minimum absolute atomic E-state index is 0.154. The first-order valence-electron chi connectivity index (χ1n) is 12.6. The molecule has 1 saturated carbocycles. The predicted molar refractivity (Wildman–Crippen MR) is 129 cm³/mol. The van der Waals surface area contributed by atoms with Crippen LogP contribution >= 0.6 is 0 Å². The molecular weight excluding hydrogens is 416 g/mol. The zero-order valence-electron chi connectivity index (χ0n) is 19.8. The van der Waals surface area contributed by atoms with Crippen molar-refractivity contribution in [1.29, 1.82) is 0 Å². The van der Waals surface area contributed by atoms with Gasteiger partial charge in [-0.25, -0.2) is 0 Å². The third-order valence-electron chi connectivity index (χ3n) is 7.81. The first-order chi connectivity index (χ1) is 16.0. The molecule has 0 spiro atoms. The highest BCUT2D eigenvalue weighted by Crippen LogP contribution is 2.35. The minimum Gasteiger partial charge on any atom is -0.497 e. The number of nitrogens with zero attached hydrogens (tertiary/aromatic N) is 2. The Balaban J connectivity index is 1.39. The molecule has 6 heteroatoms. The Morgan fingerprint density at radius 2 is 2.00 bits per heavy atom. The van der Waals surface area contributed by atoms with Crippen LogP contribution in [0.1, 0.15) is 69.5 Å². The number of carboxylic acids is 1. The van der Waals surface area contributed by atoms with Gasteiger partial charge in [0, 0.05) is 31.1 Å². The first kappa shape index (κ1) is 24.0. The van der Waals surface area contributed by atoms with Crippen molar-refractivity contribution in [3.8, 4) is 5.75 Å². The molecule has 2 fully saturated rings. The van der Waals surface area contributed by atoms with Gasteiger partial charge in [0.1, 0.15) is 5.75 Å². The number of fused-ring (bicyclic) bond motifs is 1. The maximum Gasteiger partial charge on any atom is 0.303 e. The number of methoxy groups -OCH3 is 1. The summed E-state index contributed by atoms with van der Waals surface area (Å²) in [5, 5.41) is 21.5. The second-order valence-corrected chi connectivity index (χ2v) is 10.0.